The maximum atomic E-state index is 12.6. The molecule has 0 aliphatic carbocycles. The first-order chi connectivity index (χ1) is 13.3. The molecule has 0 saturated heterocycles. The Morgan fingerprint density at radius 3 is 2.43 bits per heavy atom. The monoisotopic (exact) mass is 408 g/mol. The van der Waals surface area contributed by atoms with Gasteiger partial charge in [0.05, 0.1) is 10.6 Å². The topological polar surface area (TPSA) is 86.9 Å². The number of amides is 1. The molecule has 144 valence electrons. The summed E-state index contributed by atoms with van der Waals surface area (Å²) in [7, 11) is 0. The number of hydrazine groups is 1. The fourth-order valence-corrected chi connectivity index (χ4v) is 2.49. The van der Waals surface area contributed by atoms with Gasteiger partial charge in [-0.2, -0.15) is 13.2 Å². The molecule has 0 bridgehead atoms. The molecule has 3 aromatic rings. The third kappa shape index (κ3) is 4.32. The Bertz CT molecular complexity index is 1020. The Kier molecular flexibility index (Phi) is 5.36. The molecule has 0 fully saturated rings. The maximum absolute atomic E-state index is 12.6. The maximum Gasteiger partial charge on any atom is 0.417 e. The van der Waals surface area contributed by atoms with E-state index in [0.717, 1.165) is 0 Å². The molecule has 3 rings (SSSR count). The Balaban J connectivity index is 1.66. The van der Waals surface area contributed by atoms with Gasteiger partial charge in [-0.15, -0.1) is 0 Å². The molecule has 0 unspecified atom stereocenters. The Morgan fingerprint density at radius 2 is 1.79 bits per heavy atom. The average molecular weight is 409 g/mol. The molecule has 28 heavy (non-hydrogen) atoms. The SMILES string of the molecule is O=C(c1ccccc1)c1c[nH]c(C(=O)NNc2ncc(C(F)(F)F)cc2Cl)c1. The summed E-state index contributed by atoms with van der Waals surface area (Å²) in [5, 5.41) is -0.318. The summed E-state index contributed by atoms with van der Waals surface area (Å²) in [6, 6.07) is 10.6. The highest BCUT2D eigenvalue weighted by atomic mass is 35.5. The van der Waals surface area contributed by atoms with E-state index < -0.39 is 17.6 Å². The summed E-state index contributed by atoms with van der Waals surface area (Å²) >= 11 is 5.75. The predicted molar refractivity (Wildman–Crippen MR) is 96.0 cm³/mol. The van der Waals surface area contributed by atoms with E-state index in [2.05, 4.69) is 20.8 Å². The summed E-state index contributed by atoms with van der Waals surface area (Å²) in [5.74, 6) is -1.09. The molecular formula is C18H12ClF3N4O2. The van der Waals surface area contributed by atoms with Gasteiger partial charge in [-0.25, -0.2) is 4.98 Å². The first kappa shape index (κ1) is 19.4. The van der Waals surface area contributed by atoms with E-state index in [0.29, 0.717) is 17.8 Å². The van der Waals surface area contributed by atoms with E-state index in [4.69, 9.17) is 11.6 Å². The third-order valence-corrected chi connectivity index (χ3v) is 3.98. The van der Waals surface area contributed by atoms with Crippen LogP contribution in [-0.4, -0.2) is 21.7 Å². The lowest BCUT2D eigenvalue weighted by molar-refractivity contribution is -0.137. The number of H-pyrrole nitrogens is 1. The van der Waals surface area contributed by atoms with Crippen LogP contribution in [0.2, 0.25) is 5.02 Å². The molecule has 0 radical (unpaired) electrons. The van der Waals surface area contributed by atoms with Crippen LogP contribution in [0.15, 0.2) is 54.9 Å². The lowest BCUT2D eigenvalue weighted by Crippen LogP contribution is -2.30. The van der Waals surface area contributed by atoms with Crippen LogP contribution in [0.25, 0.3) is 0 Å². The molecule has 2 aromatic heterocycles. The molecule has 0 aliphatic rings. The van der Waals surface area contributed by atoms with Crippen molar-refractivity contribution in [2.24, 2.45) is 0 Å². The predicted octanol–water partition coefficient (Wildman–Crippen LogP) is 4.07. The number of aromatic amines is 1. The van der Waals surface area contributed by atoms with E-state index in [-0.39, 0.29) is 27.9 Å². The zero-order chi connectivity index (χ0) is 20.3. The smallest absolute Gasteiger partial charge is 0.356 e. The van der Waals surface area contributed by atoms with Crippen LogP contribution >= 0.6 is 11.6 Å². The van der Waals surface area contributed by atoms with Gasteiger partial charge in [-0.1, -0.05) is 41.9 Å². The summed E-state index contributed by atoms with van der Waals surface area (Å²) < 4.78 is 37.8. The van der Waals surface area contributed by atoms with E-state index in [1.54, 1.807) is 30.3 Å². The second-order valence-electron chi connectivity index (χ2n) is 5.63. The van der Waals surface area contributed by atoms with Crippen molar-refractivity contribution in [3.05, 3.63) is 82.3 Å². The number of anilines is 1. The fourth-order valence-electron chi connectivity index (χ4n) is 2.28. The molecule has 1 aromatic carbocycles. The van der Waals surface area contributed by atoms with Gasteiger partial charge in [0.15, 0.2) is 11.6 Å². The molecule has 6 nitrogen and oxygen atoms in total. The van der Waals surface area contributed by atoms with Gasteiger partial charge in [-0.3, -0.25) is 20.4 Å². The largest absolute Gasteiger partial charge is 0.417 e. The average Bonchev–Trinajstić information content (AvgIpc) is 3.16. The molecule has 0 atom stereocenters. The minimum atomic E-state index is -4.58. The number of alkyl halides is 3. The van der Waals surface area contributed by atoms with E-state index in [9.17, 15) is 22.8 Å². The van der Waals surface area contributed by atoms with Crippen molar-refractivity contribution < 1.29 is 22.8 Å². The lowest BCUT2D eigenvalue weighted by atomic mass is 10.1. The van der Waals surface area contributed by atoms with Crippen LogP contribution < -0.4 is 10.9 Å². The highest BCUT2D eigenvalue weighted by Gasteiger charge is 2.31. The van der Waals surface area contributed by atoms with Gasteiger partial charge in [0.2, 0.25) is 0 Å². The Labute approximate surface area is 161 Å². The number of nitrogens with zero attached hydrogens (tertiary/aromatic N) is 1. The highest BCUT2D eigenvalue weighted by Crippen LogP contribution is 2.32. The van der Waals surface area contributed by atoms with Crippen molar-refractivity contribution >= 4 is 29.1 Å². The summed E-state index contributed by atoms with van der Waals surface area (Å²) in [6.07, 6.45) is -2.61. The number of halogens is 4. The zero-order valence-corrected chi connectivity index (χ0v) is 14.7. The molecular weight excluding hydrogens is 397 g/mol. The normalized spacial score (nSPS) is 11.1. The highest BCUT2D eigenvalue weighted by molar-refractivity contribution is 6.33. The number of carbonyl (C=O) groups is 2. The molecule has 3 N–H and O–H groups in total. The van der Waals surface area contributed by atoms with Crippen LogP contribution in [-0.2, 0) is 6.18 Å². The number of aromatic nitrogens is 2. The van der Waals surface area contributed by atoms with Crippen molar-refractivity contribution in [2.75, 3.05) is 5.43 Å². The molecule has 10 heteroatoms. The standard InChI is InChI=1S/C18H12ClF3N4O2/c19-13-7-12(18(20,21)22)9-24-16(13)25-26-17(28)14-6-11(8-23-14)15(27)10-4-2-1-3-5-10/h1-9,23H,(H,24,25)(H,26,28). The summed E-state index contributed by atoms with van der Waals surface area (Å²) in [5.41, 5.74) is 4.39. The van der Waals surface area contributed by atoms with Crippen LogP contribution in [0, 0.1) is 0 Å². The zero-order valence-electron chi connectivity index (χ0n) is 14.0. The van der Waals surface area contributed by atoms with Crippen molar-refractivity contribution in [2.45, 2.75) is 6.18 Å². The van der Waals surface area contributed by atoms with Crippen molar-refractivity contribution in [3.63, 3.8) is 0 Å². The van der Waals surface area contributed by atoms with Crippen LogP contribution in [0.5, 0.6) is 0 Å². The van der Waals surface area contributed by atoms with E-state index >= 15 is 0 Å². The quantitative estimate of drug-likeness (QED) is 0.439. The lowest BCUT2D eigenvalue weighted by Gasteiger charge is -2.11. The third-order valence-electron chi connectivity index (χ3n) is 3.69. The van der Waals surface area contributed by atoms with Crippen molar-refractivity contribution in [1.29, 1.82) is 0 Å². The second kappa shape index (κ2) is 7.73. The van der Waals surface area contributed by atoms with Crippen LogP contribution in [0.4, 0.5) is 19.0 Å². The summed E-state index contributed by atoms with van der Waals surface area (Å²) in [6.45, 7) is 0. The fraction of sp³-hybridized carbons (Fsp3) is 0.0556. The number of hydrogen-bond acceptors (Lipinski definition) is 4. The van der Waals surface area contributed by atoms with Gasteiger partial charge in [0.25, 0.3) is 5.91 Å². The van der Waals surface area contributed by atoms with Crippen LogP contribution in [0.3, 0.4) is 0 Å². The number of hydrogen-bond donors (Lipinski definition) is 3. The number of carbonyl (C=O) groups excluding carboxylic acids is 2. The number of benzene rings is 1. The molecule has 1 amide bonds. The van der Waals surface area contributed by atoms with Gasteiger partial charge >= 0.3 is 6.18 Å². The number of ketones is 1. The Hall–Kier alpha value is -3.33. The molecule has 0 aliphatic heterocycles. The van der Waals surface area contributed by atoms with Crippen molar-refractivity contribution in [1.82, 2.24) is 15.4 Å². The number of pyridine rings is 1. The summed E-state index contributed by atoms with van der Waals surface area (Å²) in [4.78, 5) is 30.7. The van der Waals surface area contributed by atoms with Gasteiger partial charge in [0.1, 0.15) is 5.69 Å². The molecule has 0 saturated carbocycles. The van der Waals surface area contributed by atoms with Gasteiger partial charge in [-0.05, 0) is 12.1 Å². The second-order valence-corrected chi connectivity index (χ2v) is 6.04. The molecule has 0 spiro atoms. The first-order valence-electron chi connectivity index (χ1n) is 7.83. The minimum absolute atomic E-state index is 0.0646. The number of rotatable bonds is 5. The first-order valence-corrected chi connectivity index (χ1v) is 8.21. The van der Waals surface area contributed by atoms with Crippen LogP contribution in [0.1, 0.15) is 32.0 Å². The van der Waals surface area contributed by atoms with E-state index in [1.165, 1.54) is 12.3 Å². The van der Waals surface area contributed by atoms with Crippen molar-refractivity contribution in [3.8, 4) is 0 Å². The number of nitrogens with one attached hydrogen (secondary N) is 3. The minimum Gasteiger partial charge on any atom is -0.356 e. The Morgan fingerprint density at radius 1 is 1.07 bits per heavy atom. The van der Waals surface area contributed by atoms with Gasteiger partial charge in [0, 0.05) is 23.5 Å². The molecule has 2 heterocycles. The van der Waals surface area contributed by atoms with E-state index in [1.807, 2.05) is 0 Å². The van der Waals surface area contributed by atoms with Gasteiger partial charge < -0.3 is 4.98 Å².